The molecule has 1 saturated carbocycles. The molecule has 1 unspecified atom stereocenters. The van der Waals surface area contributed by atoms with E-state index in [2.05, 4.69) is 10.6 Å². The van der Waals surface area contributed by atoms with Gasteiger partial charge in [0.1, 0.15) is 5.54 Å². The first kappa shape index (κ1) is 14.2. The summed E-state index contributed by atoms with van der Waals surface area (Å²) >= 11 is 1.75. The van der Waals surface area contributed by atoms with Gasteiger partial charge in [-0.2, -0.15) is 11.8 Å². The molecule has 2 amide bonds. The van der Waals surface area contributed by atoms with Crippen molar-refractivity contribution in [2.45, 2.75) is 43.4 Å². The van der Waals surface area contributed by atoms with Crippen LogP contribution in [0.15, 0.2) is 0 Å². The van der Waals surface area contributed by atoms with Crippen molar-refractivity contribution < 1.29 is 14.7 Å². The lowest BCUT2D eigenvalue weighted by Crippen LogP contribution is -2.55. The molecule has 0 aromatic rings. The molecule has 0 spiro atoms. The van der Waals surface area contributed by atoms with Crippen molar-refractivity contribution in [1.82, 2.24) is 10.6 Å². The lowest BCUT2D eigenvalue weighted by Gasteiger charge is -2.25. The number of hydrogen-bond acceptors (Lipinski definition) is 3. The van der Waals surface area contributed by atoms with Gasteiger partial charge in [0.05, 0.1) is 0 Å². The molecule has 0 bridgehead atoms. The molecule has 0 aromatic carbocycles. The molecule has 98 valence electrons. The standard InChI is InChI=1S/C11H20N2O3S/c1-4-10(2,8(14)15)13-9(16)12-7-11(17-3)5-6-11/h4-7H2,1-3H3,(H,14,15)(H2,12,13,16). The summed E-state index contributed by atoms with van der Waals surface area (Å²) in [5.74, 6) is -1.01. The number of carboxylic acid groups (broad SMARTS) is 1. The van der Waals surface area contributed by atoms with Gasteiger partial charge in [-0.1, -0.05) is 6.92 Å². The maximum Gasteiger partial charge on any atom is 0.329 e. The zero-order valence-corrected chi connectivity index (χ0v) is 11.3. The van der Waals surface area contributed by atoms with Crippen LogP contribution >= 0.6 is 11.8 Å². The van der Waals surface area contributed by atoms with E-state index in [1.54, 1.807) is 18.7 Å². The molecule has 1 rings (SSSR count). The number of nitrogens with one attached hydrogen (secondary N) is 2. The number of carbonyl (C=O) groups excluding carboxylic acids is 1. The van der Waals surface area contributed by atoms with Crippen molar-refractivity contribution in [3.8, 4) is 0 Å². The first-order valence-corrected chi connectivity index (χ1v) is 6.94. The van der Waals surface area contributed by atoms with Crippen molar-refractivity contribution >= 4 is 23.8 Å². The predicted octanol–water partition coefficient (Wildman–Crippen LogP) is 1.43. The topological polar surface area (TPSA) is 78.4 Å². The first-order valence-electron chi connectivity index (χ1n) is 5.72. The number of carboxylic acids is 1. The lowest BCUT2D eigenvalue weighted by molar-refractivity contribution is -0.143. The van der Waals surface area contributed by atoms with Crippen LogP contribution in [-0.2, 0) is 4.79 Å². The van der Waals surface area contributed by atoms with E-state index in [0.717, 1.165) is 12.8 Å². The Balaban J connectivity index is 2.41. The van der Waals surface area contributed by atoms with E-state index >= 15 is 0 Å². The number of urea groups is 1. The number of rotatable bonds is 6. The molecular weight excluding hydrogens is 240 g/mol. The Bertz CT molecular complexity index is 318. The third kappa shape index (κ3) is 3.52. The lowest BCUT2D eigenvalue weighted by atomic mass is 10.00. The van der Waals surface area contributed by atoms with Crippen LogP contribution in [-0.4, -0.2) is 40.2 Å². The van der Waals surface area contributed by atoms with Gasteiger partial charge in [-0.15, -0.1) is 0 Å². The van der Waals surface area contributed by atoms with Gasteiger partial charge in [-0.3, -0.25) is 0 Å². The van der Waals surface area contributed by atoms with Gasteiger partial charge >= 0.3 is 12.0 Å². The van der Waals surface area contributed by atoms with Gasteiger partial charge < -0.3 is 15.7 Å². The van der Waals surface area contributed by atoms with Crippen LogP contribution in [0.1, 0.15) is 33.1 Å². The zero-order chi connectivity index (χ0) is 13.1. The van der Waals surface area contributed by atoms with E-state index in [1.807, 2.05) is 6.26 Å². The third-order valence-corrected chi connectivity index (χ3v) is 4.80. The fourth-order valence-electron chi connectivity index (χ4n) is 1.42. The summed E-state index contributed by atoms with van der Waals surface area (Å²) in [6.45, 7) is 3.84. The highest BCUT2D eigenvalue weighted by Crippen LogP contribution is 2.46. The summed E-state index contributed by atoms with van der Waals surface area (Å²) in [6, 6.07) is -0.405. The van der Waals surface area contributed by atoms with E-state index in [1.165, 1.54) is 6.92 Å². The van der Waals surface area contributed by atoms with E-state index in [4.69, 9.17) is 5.11 Å². The van der Waals surface area contributed by atoms with E-state index in [0.29, 0.717) is 13.0 Å². The Labute approximate surface area is 106 Å². The average Bonchev–Trinajstić information content (AvgIpc) is 3.06. The molecular formula is C11H20N2O3S. The van der Waals surface area contributed by atoms with Crippen LogP contribution in [0, 0.1) is 0 Å². The third-order valence-electron chi connectivity index (χ3n) is 3.38. The van der Waals surface area contributed by atoms with Crippen LogP contribution in [0.4, 0.5) is 4.79 Å². The molecule has 0 aliphatic heterocycles. The monoisotopic (exact) mass is 260 g/mol. The van der Waals surface area contributed by atoms with Gasteiger partial charge in [0.2, 0.25) is 0 Å². The van der Waals surface area contributed by atoms with Crippen molar-refractivity contribution in [3.63, 3.8) is 0 Å². The van der Waals surface area contributed by atoms with Crippen LogP contribution < -0.4 is 10.6 Å². The smallest absolute Gasteiger partial charge is 0.329 e. The molecule has 3 N–H and O–H groups in total. The number of thioether (sulfide) groups is 1. The minimum Gasteiger partial charge on any atom is -0.480 e. The number of amides is 2. The first-order chi connectivity index (χ1) is 7.87. The molecule has 6 heteroatoms. The SMILES string of the molecule is CCC(C)(NC(=O)NCC1(SC)CC1)C(=O)O. The molecule has 17 heavy (non-hydrogen) atoms. The summed E-state index contributed by atoms with van der Waals surface area (Å²) in [5, 5.41) is 14.3. The molecule has 1 aliphatic rings. The summed E-state index contributed by atoms with van der Waals surface area (Å²) in [4.78, 5) is 22.6. The highest BCUT2D eigenvalue weighted by molar-refractivity contribution is 8.00. The number of hydrogen-bond donors (Lipinski definition) is 3. The molecule has 0 radical (unpaired) electrons. The van der Waals surface area contributed by atoms with Crippen LogP contribution in [0.2, 0.25) is 0 Å². The maximum absolute atomic E-state index is 11.6. The Kier molecular flexibility index (Phi) is 4.30. The van der Waals surface area contributed by atoms with Gasteiger partial charge in [-0.05, 0) is 32.4 Å². The van der Waals surface area contributed by atoms with Crippen molar-refractivity contribution in [2.24, 2.45) is 0 Å². The van der Waals surface area contributed by atoms with Gasteiger partial charge in [0, 0.05) is 11.3 Å². The van der Waals surface area contributed by atoms with Crippen LogP contribution in [0.3, 0.4) is 0 Å². The second kappa shape index (κ2) is 5.16. The fourth-order valence-corrected chi connectivity index (χ4v) is 2.15. The van der Waals surface area contributed by atoms with Crippen molar-refractivity contribution in [1.29, 1.82) is 0 Å². The minimum atomic E-state index is -1.19. The summed E-state index contributed by atoms with van der Waals surface area (Å²) in [5.41, 5.74) is -1.19. The van der Waals surface area contributed by atoms with Crippen molar-refractivity contribution in [3.05, 3.63) is 0 Å². The Morgan fingerprint density at radius 3 is 2.41 bits per heavy atom. The maximum atomic E-state index is 11.6. The molecule has 0 saturated heterocycles. The second-order valence-corrected chi connectivity index (χ2v) is 5.96. The van der Waals surface area contributed by atoms with Crippen molar-refractivity contribution in [2.75, 3.05) is 12.8 Å². The molecule has 5 nitrogen and oxygen atoms in total. The summed E-state index contributed by atoms with van der Waals surface area (Å²) < 4.78 is 0.184. The quantitative estimate of drug-likeness (QED) is 0.675. The highest BCUT2D eigenvalue weighted by Gasteiger charge is 2.42. The normalized spacial score (nSPS) is 20.2. The fraction of sp³-hybridized carbons (Fsp3) is 0.818. The summed E-state index contributed by atoms with van der Waals surface area (Å²) in [6.07, 6.45) is 4.60. The van der Waals surface area contributed by atoms with Crippen LogP contribution in [0.25, 0.3) is 0 Å². The second-order valence-electron chi connectivity index (χ2n) is 4.69. The highest BCUT2D eigenvalue weighted by atomic mass is 32.2. The zero-order valence-electron chi connectivity index (χ0n) is 10.5. The molecule has 1 aliphatic carbocycles. The number of aliphatic carboxylic acids is 1. The molecule has 0 aromatic heterocycles. The van der Waals surface area contributed by atoms with E-state index in [9.17, 15) is 9.59 Å². The largest absolute Gasteiger partial charge is 0.480 e. The van der Waals surface area contributed by atoms with Gasteiger partial charge in [-0.25, -0.2) is 9.59 Å². The van der Waals surface area contributed by atoms with E-state index < -0.39 is 17.5 Å². The average molecular weight is 260 g/mol. The molecule has 1 fully saturated rings. The Morgan fingerprint density at radius 2 is 2.06 bits per heavy atom. The number of carbonyl (C=O) groups is 2. The van der Waals surface area contributed by atoms with E-state index in [-0.39, 0.29) is 4.75 Å². The molecule has 0 heterocycles. The predicted molar refractivity (Wildman–Crippen MR) is 68.3 cm³/mol. The minimum absolute atomic E-state index is 0.184. The van der Waals surface area contributed by atoms with Crippen LogP contribution in [0.5, 0.6) is 0 Å². The Morgan fingerprint density at radius 1 is 1.47 bits per heavy atom. The van der Waals surface area contributed by atoms with Gasteiger partial charge in [0.25, 0.3) is 0 Å². The summed E-state index contributed by atoms with van der Waals surface area (Å²) in [7, 11) is 0. The Hall–Kier alpha value is -0.910. The molecule has 1 atom stereocenters. The van der Waals surface area contributed by atoms with Gasteiger partial charge in [0.15, 0.2) is 0 Å².